The number of rotatable bonds is 5. The number of hydrogen-bond donors (Lipinski definition) is 1. The molecule has 1 aliphatic rings. The normalized spacial score (nSPS) is 17.1. The minimum atomic E-state index is -0.144. The standard InChI is InChI=1S/C17H25FN2O/c1-13(2)11-19-17(21)14-7-9-20(10-8-14)12-15-5-3-4-6-16(15)18/h3-6,13-14H,7-12H2,1-2H3,(H,19,21). The third kappa shape index (κ3) is 4.81. The van der Waals surface area contributed by atoms with Gasteiger partial charge in [0.2, 0.25) is 5.91 Å². The summed E-state index contributed by atoms with van der Waals surface area (Å²) >= 11 is 0. The van der Waals surface area contributed by atoms with Crippen LogP contribution in [-0.4, -0.2) is 30.4 Å². The minimum Gasteiger partial charge on any atom is -0.356 e. The summed E-state index contributed by atoms with van der Waals surface area (Å²) in [5.41, 5.74) is 0.736. The van der Waals surface area contributed by atoms with Crippen LogP contribution in [0.2, 0.25) is 0 Å². The topological polar surface area (TPSA) is 32.3 Å². The molecule has 2 rings (SSSR count). The molecule has 0 aromatic heterocycles. The van der Waals surface area contributed by atoms with Crippen LogP contribution in [0.4, 0.5) is 4.39 Å². The first-order chi connectivity index (χ1) is 10.1. The predicted molar refractivity (Wildman–Crippen MR) is 82.2 cm³/mol. The fourth-order valence-corrected chi connectivity index (χ4v) is 2.67. The molecular formula is C17H25FN2O. The summed E-state index contributed by atoms with van der Waals surface area (Å²) in [4.78, 5) is 14.3. The van der Waals surface area contributed by atoms with E-state index in [0.717, 1.165) is 38.0 Å². The highest BCUT2D eigenvalue weighted by atomic mass is 19.1. The Morgan fingerprint density at radius 2 is 2.00 bits per heavy atom. The first-order valence-electron chi connectivity index (χ1n) is 7.79. The van der Waals surface area contributed by atoms with Crippen LogP contribution < -0.4 is 5.32 Å². The number of benzene rings is 1. The number of piperidine rings is 1. The van der Waals surface area contributed by atoms with E-state index in [9.17, 15) is 9.18 Å². The maximum atomic E-state index is 13.6. The Morgan fingerprint density at radius 1 is 1.33 bits per heavy atom. The van der Waals surface area contributed by atoms with Gasteiger partial charge in [0.05, 0.1) is 0 Å². The summed E-state index contributed by atoms with van der Waals surface area (Å²) in [6.07, 6.45) is 1.72. The van der Waals surface area contributed by atoms with Crippen LogP contribution in [-0.2, 0) is 11.3 Å². The number of hydrogen-bond acceptors (Lipinski definition) is 2. The molecule has 1 aromatic carbocycles. The van der Waals surface area contributed by atoms with Crippen molar-refractivity contribution in [1.29, 1.82) is 0 Å². The zero-order valence-corrected chi connectivity index (χ0v) is 12.9. The molecule has 1 heterocycles. The van der Waals surface area contributed by atoms with Crippen LogP contribution in [0, 0.1) is 17.7 Å². The summed E-state index contributed by atoms with van der Waals surface area (Å²) in [6.45, 7) is 7.28. The van der Waals surface area contributed by atoms with E-state index < -0.39 is 0 Å². The van der Waals surface area contributed by atoms with Crippen molar-refractivity contribution in [2.24, 2.45) is 11.8 Å². The van der Waals surface area contributed by atoms with Gasteiger partial charge < -0.3 is 5.32 Å². The fourth-order valence-electron chi connectivity index (χ4n) is 2.67. The zero-order valence-electron chi connectivity index (χ0n) is 12.9. The average Bonchev–Trinajstić information content (AvgIpc) is 2.48. The molecule has 4 heteroatoms. The highest BCUT2D eigenvalue weighted by Crippen LogP contribution is 2.20. The lowest BCUT2D eigenvalue weighted by atomic mass is 9.95. The molecule has 1 amide bonds. The van der Waals surface area contributed by atoms with Gasteiger partial charge in [-0.25, -0.2) is 4.39 Å². The van der Waals surface area contributed by atoms with Gasteiger partial charge in [-0.05, 0) is 37.9 Å². The Balaban J connectivity index is 1.78. The van der Waals surface area contributed by atoms with Crippen molar-refractivity contribution in [3.63, 3.8) is 0 Å². The van der Waals surface area contributed by atoms with E-state index in [4.69, 9.17) is 0 Å². The van der Waals surface area contributed by atoms with Crippen molar-refractivity contribution in [3.05, 3.63) is 35.6 Å². The Labute approximate surface area is 126 Å². The monoisotopic (exact) mass is 292 g/mol. The number of likely N-dealkylation sites (tertiary alicyclic amines) is 1. The van der Waals surface area contributed by atoms with Gasteiger partial charge in [-0.3, -0.25) is 9.69 Å². The zero-order chi connectivity index (χ0) is 15.2. The minimum absolute atomic E-state index is 0.112. The van der Waals surface area contributed by atoms with E-state index in [0.29, 0.717) is 12.5 Å². The highest BCUT2D eigenvalue weighted by molar-refractivity contribution is 5.78. The quantitative estimate of drug-likeness (QED) is 0.905. The Morgan fingerprint density at radius 3 is 2.62 bits per heavy atom. The third-order valence-electron chi connectivity index (χ3n) is 3.99. The molecule has 0 radical (unpaired) electrons. The number of halogens is 1. The fraction of sp³-hybridized carbons (Fsp3) is 0.588. The molecule has 0 saturated carbocycles. The van der Waals surface area contributed by atoms with Gasteiger partial charge in [0.1, 0.15) is 5.82 Å². The molecule has 0 unspecified atom stereocenters. The van der Waals surface area contributed by atoms with Gasteiger partial charge in [0.15, 0.2) is 0 Å². The molecule has 0 atom stereocenters. The van der Waals surface area contributed by atoms with E-state index in [1.54, 1.807) is 6.07 Å². The third-order valence-corrected chi connectivity index (χ3v) is 3.99. The van der Waals surface area contributed by atoms with E-state index in [1.807, 2.05) is 12.1 Å². The van der Waals surface area contributed by atoms with Crippen molar-refractivity contribution < 1.29 is 9.18 Å². The molecule has 0 spiro atoms. The number of carbonyl (C=O) groups excluding carboxylic acids is 1. The van der Waals surface area contributed by atoms with E-state index in [2.05, 4.69) is 24.1 Å². The Bertz CT molecular complexity index is 468. The van der Waals surface area contributed by atoms with Crippen molar-refractivity contribution in [2.45, 2.75) is 33.2 Å². The van der Waals surface area contributed by atoms with Gasteiger partial charge in [-0.1, -0.05) is 32.0 Å². The summed E-state index contributed by atoms with van der Waals surface area (Å²) in [6, 6.07) is 6.91. The average molecular weight is 292 g/mol. The van der Waals surface area contributed by atoms with Crippen molar-refractivity contribution in [3.8, 4) is 0 Å². The molecule has 1 aromatic rings. The second kappa shape index (κ2) is 7.55. The van der Waals surface area contributed by atoms with Crippen LogP contribution >= 0.6 is 0 Å². The number of amides is 1. The van der Waals surface area contributed by atoms with Gasteiger partial charge in [0.25, 0.3) is 0 Å². The smallest absolute Gasteiger partial charge is 0.223 e. The second-order valence-corrected chi connectivity index (χ2v) is 6.28. The number of carbonyl (C=O) groups is 1. The van der Waals surface area contributed by atoms with E-state index in [1.165, 1.54) is 6.07 Å². The highest BCUT2D eigenvalue weighted by Gasteiger charge is 2.25. The Kier molecular flexibility index (Phi) is 5.74. The van der Waals surface area contributed by atoms with Gasteiger partial charge in [-0.2, -0.15) is 0 Å². The SMILES string of the molecule is CC(C)CNC(=O)C1CCN(Cc2ccccc2F)CC1. The molecule has 0 aliphatic carbocycles. The molecule has 0 bridgehead atoms. The molecular weight excluding hydrogens is 267 g/mol. The molecule has 1 fully saturated rings. The Hall–Kier alpha value is -1.42. The maximum absolute atomic E-state index is 13.6. The van der Waals surface area contributed by atoms with Crippen molar-refractivity contribution >= 4 is 5.91 Å². The van der Waals surface area contributed by atoms with Gasteiger partial charge >= 0.3 is 0 Å². The van der Waals surface area contributed by atoms with E-state index in [-0.39, 0.29) is 17.6 Å². The molecule has 21 heavy (non-hydrogen) atoms. The van der Waals surface area contributed by atoms with Crippen LogP contribution in [0.25, 0.3) is 0 Å². The first kappa shape index (κ1) is 16.0. The lowest BCUT2D eigenvalue weighted by Crippen LogP contribution is -2.41. The van der Waals surface area contributed by atoms with Crippen LogP contribution in [0.3, 0.4) is 0 Å². The summed E-state index contributed by atoms with van der Waals surface area (Å²) in [5.74, 6) is 0.624. The lowest BCUT2D eigenvalue weighted by Gasteiger charge is -2.31. The van der Waals surface area contributed by atoms with Crippen LogP contribution in [0.15, 0.2) is 24.3 Å². The van der Waals surface area contributed by atoms with Crippen molar-refractivity contribution in [2.75, 3.05) is 19.6 Å². The summed E-state index contributed by atoms with van der Waals surface area (Å²) in [5, 5.41) is 3.01. The van der Waals surface area contributed by atoms with E-state index >= 15 is 0 Å². The molecule has 116 valence electrons. The van der Waals surface area contributed by atoms with Gasteiger partial charge in [0, 0.05) is 24.6 Å². The molecule has 3 nitrogen and oxygen atoms in total. The maximum Gasteiger partial charge on any atom is 0.223 e. The summed E-state index contributed by atoms with van der Waals surface area (Å²) in [7, 11) is 0. The largest absolute Gasteiger partial charge is 0.356 e. The van der Waals surface area contributed by atoms with Crippen molar-refractivity contribution in [1.82, 2.24) is 10.2 Å². The lowest BCUT2D eigenvalue weighted by molar-refractivity contribution is -0.126. The van der Waals surface area contributed by atoms with Gasteiger partial charge in [-0.15, -0.1) is 0 Å². The molecule has 1 aliphatic heterocycles. The first-order valence-corrected chi connectivity index (χ1v) is 7.79. The second-order valence-electron chi connectivity index (χ2n) is 6.28. The number of nitrogens with zero attached hydrogens (tertiary/aromatic N) is 1. The predicted octanol–water partition coefficient (Wildman–Crippen LogP) is 2.81. The number of nitrogens with one attached hydrogen (secondary N) is 1. The molecule has 1 saturated heterocycles. The summed E-state index contributed by atoms with van der Waals surface area (Å²) < 4.78 is 13.6. The molecule has 1 N–H and O–H groups in total. The van der Waals surface area contributed by atoms with Crippen LogP contribution in [0.5, 0.6) is 0 Å². The van der Waals surface area contributed by atoms with Crippen LogP contribution in [0.1, 0.15) is 32.3 Å².